The van der Waals surface area contributed by atoms with E-state index in [4.69, 9.17) is 0 Å². The number of carbonyl (C=O) groups excluding carboxylic acids is 2. The first kappa shape index (κ1) is 19.0. The maximum absolute atomic E-state index is 12.2. The van der Waals surface area contributed by atoms with Gasteiger partial charge in [-0.05, 0) is 18.4 Å². The van der Waals surface area contributed by atoms with Gasteiger partial charge in [0.05, 0.1) is 0 Å². The molecular weight excluding hydrogens is 320 g/mol. The van der Waals surface area contributed by atoms with E-state index in [1.165, 1.54) is 0 Å². The highest BCUT2D eigenvalue weighted by Crippen LogP contribution is 2.11. The van der Waals surface area contributed by atoms with E-state index in [-0.39, 0.29) is 25.2 Å². The zero-order chi connectivity index (χ0) is 18.1. The number of carbonyl (C=O) groups is 3. The van der Waals surface area contributed by atoms with Crippen molar-refractivity contribution in [3.8, 4) is 0 Å². The maximum Gasteiger partial charge on any atom is 0.326 e. The van der Waals surface area contributed by atoms with Gasteiger partial charge in [-0.15, -0.1) is 0 Å². The van der Waals surface area contributed by atoms with Gasteiger partial charge in [0.25, 0.3) is 0 Å². The number of amides is 2. The highest BCUT2D eigenvalue weighted by atomic mass is 16.4. The smallest absolute Gasteiger partial charge is 0.326 e. The largest absolute Gasteiger partial charge is 0.480 e. The first-order valence-electron chi connectivity index (χ1n) is 8.90. The molecule has 1 atom stereocenters. The van der Waals surface area contributed by atoms with Crippen LogP contribution in [0.4, 0.5) is 0 Å². The van der Waals surface area contributed by atoms with Crippen molar-refractivity contribution < 1.29 is 19.5 Å². The second kappa shape index (κ2) is 9.81. The molecule has 136 valence electrons. The Bertz CT molecular complexity index is 580. The van der Waals surface area contributed by atoms with Crippen molar-refractivity contribution in [3.63, 3.8) is 0 Å². The van der Waals surface area contributed by atoms with Crippen LogP contribution in [0.2, 0.25) is 0 Å². The number of benzene rings is 1. The molecule has 2 rings (SSSR count). The number of carboxylic acids is 1. The second-order valence-corrected chi connectivity index (χ2v) is 6.44. The minimum absolute atomic E-state index is 0.0213. The van der Waals surface area contributed by atoms with Crippen molar-refractivity contribution in [2.24, 2.45) is 0 Å². The summed E-state index contributed by atoms with van der Waals surface area (Å²) >= 11 is 0. The van der Waals surface area contributed by atoms with Gasteiger partial charge in [0.1, 0.15) is 6.04 Å². The molecule has 1 saturated heterocycles. The van der Waals surface area contributed by atoms with Crippen molar-refractivity contribution >= 4 is 17.8 Å². The van der Waals surface area contributed by atoms with Crippen LogP contribution in [0.25, 0.3) is 0 Å². The van der Waals surface area contributed by atoms with Gasteiger partial charge in [-0.25, -0.2) is 4.79 Å². The molecule has 1 aliphatic heterocycles. The molecule has 6 nitrogen and oxygen atoms in total. The Morgan fingerprint density at radius 2 is 1.64 bits per heavy atom. The number of likely N-dealkylation sites (tertiary alicyclic amines) is 1. The molecule has 0 radical (unpaired) electrons. The van der Waals surface area contributed by atoms with Crippen LogP contribution in [0.1, 0.15) is 44.1 Å². The standard InChI is InChI=1S/C19H26N2O4/c22-17(10-11-18(23)21-12-6-1-2-7-13-21)20-16(19(24)25)14-15-8-4-3-5-9-15/h3-5,8-9,16H,1-2,6-7,10-14H2,(H,20,22)(H,24,25)/t16-/m0/s1. The molecule has 2 N–H and O–H groups in total. The summed E-state index contributed by atoms with van der Waals surface area (Å²) in [5.41, 5.74) is 0.843. The lowest BCUT2D eigenvalue weighted by molar-refractivity contribution is -0.142. The van der Waals surface area contributed by atoms with Gasteiger partial charge in [-0.1, -0.05) is 43.2 Å². The summed E-state index contributed by atoms with van der Waals surface area (Å²) in [6.45, 7) is 1.51. The SMILES string of the molecule is O=C(CCC(=O)N1CCCCCC1)N[C@@H](Cc1ccccc1)C(=O)O. The van der Waals surface area contributed by atoms with E-state index in [0.717, 1.165) is 44.3 Å². The minimum Gasteiger partial charge on any atom is -0.480 e. The van der Waals surface area contributed by atoms with Crippen molar-refractivity contribution in [2.45, 2.75) is 51.0 Å². The van der Waals surface area contributed by atoms with Crippen LogP contribution < -0.4 is 5.32 Å². The Morgan fingerprint density at radius 1 is 1.00 bits per heavy atom. The van der Waals surface area contributed by atoms with E-state index in [9.17, 15) is 19.5 Å². The van der Waals surface area contributed by atoms with Gasteiger partial charge in [-0.2, -0.15) is 0 Å². The number of nitrogens with zero attached hydrogens (tertiary/aromatic N) is 1. The third kappa shape index (κ3) is 6.57. The highest BCUT2D eigenvalue weighted by molar-refractivity contribution is 5.87. The molecule has 0 spiro atoms. The van der Waals surface area contributed by atoms with E-state index in [0.29, 0.717) is 0 Å². The lowest BCUT2D eigenvalue weighted by Crippen LogP contribution is -2.42. The molecule has 2 amide bonds. The molecule has 1 aromatic carbocycles. The summed E-state index contributed by atoms with van der Waals surface area (Å²) in [7, 11) is 0. The van der Waals surface area contributed by atoms with Gasteiger partial charge in [0, 0.05) is 32.4 Å². The van der Waals surface area contributed by atoms with Crippen LogP contribution in [0, 0.1) is 0 Å². The molecule has 0 saturated carbocycles. The molecule has 0 unspecified atom stereocenters. The number of aliphatic carboxylic acids is 1. The summed E-state index contributed by atoms with van der Waals surface area (Å²) in [6, 6.07) is 8.18. The molecule has 0 aliphatic carbocycles. The first-order valence-corrected chi connectivity index (χ1v) is 8.90. The van der Waals surface area contributed by atoms with Gasteiger partial charge in [0.15, 0.2) is 0 Å². The van der Waals surface area contributed by atoms with Crippen molar-refractivity contribution in [1.29, 1.82) is 0 Å². The predicted molar refractivity (Wildman–Crippen MR) is 94.0 cm³/mol. The van der Waals surface area contributed by atoms with Crippen LogP contribution in [0.5, 0.6) is 0 Å². The lowest BCUT2D eigenvalue weighted by Gasteiger charge is -2.20. The third-order valence-corrected chi connectivity index (χ3v) is 4.44. The molecule has 1 heterocycles. The Morgan fingerprint density at radius 3 is 2.24 bits per heavy atom. The molecule has 6 heteroatoms. The summed E-state index contributed by atoms with van der Waals surface area (Å²) in [5, 5.41) is 11.8. The number of rotatable bonds is 7. The zero-order valence-electron chi connectivity index (χ0n) is 14.4. The van der Waals surface area contributed by atoms with Gasteiger partial charge >= 0.3 is 5.97 Å². The highest BCUT2D eigenvalue weighted by Gasteiger charge is 2.22. The first-order chi connectivity index (χ1) is 12.1. The Labute approximate surface area is 148 Å². The normalized spacial score (nSPS) is 15.9. The van der Waals surface area contributed by atoms with Crippen LogP contribution >= 0.6 is 0 Å². The van der Waals surface area contributed by atoms with Gasteiger partial charge < -0.3 is 15.3 Å². The average Bonchev–Trinajstić information content (AvgIpc) is 2.89. The van der Waals surface area contributed by atoms with Gasteiger partial charge in [0.2, 0.25) is 11.8 Å². The topological polar surface area (TPSA) is 86.7 Å². The third-order valence-electron chi connectivity index (χ3n) is 4.44. The predicted octanol–water partition coefficient (Wildman–Crippen LogP) is 1.98. The van der Waals surface area contributed by atoms with E-state index >= 15 is 0 Å². The fourth-order valence-electron chi connectivity index (χ4n) is 3.02. The average molecular weight is 346 g/mol. The summed E-state index contributed by atoms with van der Waals surface area (Å²) < 4.78 is 0. The monoisotopic (exact) mass is 346 g/mol. The summed E-state index contributed by atoms with van der Waals surface area (Å²) in [4.78, 5) is 37.4. The Hall–Kier alpha value is -2.37. The van der Waals surface area contributed by atoms with Crippen molar-refractivity contribution in [3.05, 3.63) is 35.9 Å². The fraction of sp³-hybridized carbons (Fsp3) is 0.526. The Kier molecular flexibility index (Phi) is 7.44. The number of nitrogens with one attached hydrogen (secondary N) is 1. The molecule has 0 bridgehead atoms. The molecule has 1 aliphatic rings. The van der Waals surface area contributed by atoms with Crippen LogP contribution in [0.3, 0.4) is 0 Å². The molecule has 0 aromatic heterocycles. The van der Waals surface area contributed by atoms with E-state index in [1.54, 1.807) is 0 Å². The zero-order valence-corrected chi connectivity index (χ0v) is 14.4. The quantitative estimate of drug-likeness (QED) is 0.790. The van der Waals surface area contributed by atoms with Crippen LogP contribution in [-0.4, -0.2) is 46.9 Å². The van der Waals surface area contributed by atoms with Gasteiger partial charge in [-0.3, -0.25) is 9.59 Å². The fourth-order valence-corrected chi connectivity index (χ4v) is 3.02. The van der Waals surface area contributed by atoms with E-state index in [2.05, 4.69) is 5.32 Å². The summed E-state index contributed by atoms with van der Waals surface area (Å²) in [6.07, 6.45) is 4.68. The van der Waals surface area contributed by atoms with Crippen LogP contribution in [0.15, 0.2) is 30.3 Å². The summed E-state index contributed by atoms with van der Waals surface area (Å²) in [5.74, 6) is -1.49. The number of carboxylic acid groups (broad SMARTS) is 1. The molecule has 1 fully saturated rings. The Balaban J connectivity index is 1.80. The van der Waals surface area contributed by atoms with E-state index in [1.807, 2.05) is 35.2 Å². The molecule has 25 heavy (non-hydrogen) atoms. The van der Waals surface area contributed by atoms with Crippen molar-refractivity contribution in [2.75, 3.05) is 13.1 Å². The molecular formula is C19H26N2O4. The van der Waals surface area contributed by atoms with Crippen molar-refractivity contribution in [1.82, 2.24) is 10.2 Å². The lowest BCUT2D eigenvalue weighted by atomic mass is 10.1. The minimum atomic E-state index is -1.07. The van der Waals surface area contributed by atoms with E-state index < -0.39 is 17.9 Å². The molecule has 1 aromatic rings. The second-order valence-electron chi connectivity index (χ2n) is 6.44. The van der Waals surface area contributed by atoms with Crippen LogP contribution in [-0.2, 0) is 20.8 Å². The number of hydrogen-bond acceptors (Lipinski definition) is 3. The number of hydrogen-bond donors (Lipinski definition) is 2. The maximum atomic E-state index is 12.2.